The molecule has 1 amide bonds. The molecule has 0 saturated heterocycles. The third-order valence-electron chi connectivity index (χ3n) is 2.79. The third kappa shape index (κ3) is 3.09. The Hall–Kier alpha value is -2.05. The van der Waals surface area contributed by atoms with E-state index in [0.717, 1.165) is 9.26 Å². The van der Waals surface area contributed by atoms with Crippen molar-refractivity contribution in [2.24, 2.45) is 5.11 Å². The van der Waals surface area contributed by atoms with Crippen molar-refractivity contribution >= 4 is 39.9 Å². The number of carbonyl (C=O) groups excluding carboxylic acids is 1. The zero-order chi connectivity index (χ0) is 14.5. The number of nitrogens with zero attached hydrogens (tertiary/aromatic N) is 4. The summed E-state index contributed by atoms with van der Waals surface area (Å²) in [6.45, 7) is 0. The molecule has 0 spiro atoms. The highest BCUT2D eigenvalue weighted by Gasteiger charge is 2.15. The Bertz CT molecular complexity index is 678. The number of azide groups is 1. The van der Waals surface area contributed by atoms with Gasteiger partial charge >= 0.3 is 0 Å². The van der Waals surface area contributed by atoms with E-state index in [2.05, 4.69) is 32.6 Å². The quantitative estimate of drug-likeness (QED) is 0.335. The summed E-state index contributed by atoms with van der Waals surface area (Å²) in [5, 5.41) is 3.48. The van der Waals surface area contributed by atoms with Gasteiger partial charge in [-0.05, 0) is 52.4 Å². The van der Waals surface area contributed by atoms with E-state index in [-0.39, 0.29) is 5.91 Å². The van der Waals surface area contributed by atoms with Crippen LogP contribution in [-0.2, 0) is 0 Å². The molecule has 0 bridgehead atoms. The maximum absolute atomic E-state index is 12.4. The van der Waals surface area contributed by atoms with Crippen molar-refractivity contribution in [3.63, 3.8) is 0 Å². The average molecular weight is 378 g/mol. The van der Waals surface area contributed by atoms with Crippen LogP contribution in [0, 0.1) is 3.57 Å². The molecule has 0 fully saturated rings. The van der Waals surface area contributed by atoms with Gasteiger partial charge in [0, 0.05) is 26.8 Å². The average Bonchev–Trinajstić information content (AvgIpc) is 2.47. The first-order valence-electron chi connectivity index (χ1n) is 5.81. The van der Waals surface area contributed by atoms with Gasteiger partial charge in [-0.3, -0.25) is 4.79 Å². The molecule has 2 aromatic rings. The Kier molecular flexibility index (Phi) is 4.60. The van der Waals surface area contributed by atoms with E-state index < -0.39 is 0 Å². The molecule has 0 aromatic heterocycles. The monoisotopic (exact) mass is 378 g/mol. The molecule has 2 rings (SSSR count). The number of amides is 1. The van der Waals surface area contributed by atoms with Crippen molar-refractivity contribution in [1.29, 1.82) is 0 Å². The number of benzene rings is 2. The van der Waals surface area contributed by atoms with Crippen molar-refractivity contribution in [3.05, 3.63) is 68.1 Å². The van der Waals surface area contributed by atoms with Crippen LogP contribution >= 0.6 is 22.6 Å². The Morgan fingerprint density at radius 2 is 1.85 bits per heavy atom. The zero-order valence-electron chi connectivity index (χ0n) is 10.7. The summed E-state index contributed by atoms with van der Waals surface area (Å²) in [4.78, 5) is 16.7. The summed E-state index contributed by atoms with van der Waals surface area (Å²) in [6.07, 6.45) is 0. The minimum absolute atomic E-state index is 0.110. The lowest BCUT2D eigenvalue weighted by atomic mass is 10.1. The van der Waals surface area contributed by atoms with Crippen LogP contribution < -0.4 is 4.90 Å². The van der Waals surface area contributed by atoms with E-state index in [0.29, 0.717) is 11.3 Å². The Morgan fingerprint density at radius 3 is 2.45 bits per heavy atom. The van der Waals surface area contributed by atoms with E-state index in [1.807, 2.05) is 24.3 Å². The minimum Gasteiger partial charge on any atom is -0.310 e. The highest BCUT2D eigenvalue weighted by Crippen LogP contribution is 2.23. The van der Waals surface area contributed by atoms with Crippen molar-refractivity contribution in [2.45, 2.75) is 0 Å². The molecule has 100 valence electrons. The van der Waals surface area contributed by atoms with Gasteiger partial charge < -0.3 is 4.90 Å². The van der Waals surface area contributed by atoms with E-state index in [9.17, 15) is 4.79 Å². The molecule has 0 aliphatic carbocycles. The summed E-state index contributed by atoms with van der Waals surface area (Å²) in [5.74, 6) is -0.110. The molecule has 6 heteroatoms. The van der Waals surface area contributed by atoms with Gasteiger partial charge in [-0.25, -0.2) is 0 Å². The van der Waals surface area contributed by atoms with E-state index in [1.165, 1.54) is 0 Å². The number of hydrogen-bond donors (Lipinski definition) is 0. The molecule has 0 radical (unpaired) electrons. The van der Waals surface area contributed by atoms with Gasteiger partial charge in [-0.15, -0.1) is 0 Å². The predicted octanol–water partition coefficient (Wildman–Crippen LogP) is 4.51. The highest BCUT2D eigenvalue weighted by molar-refractivity contribution is 14.1. The Balaban J connectivity index is 2.27. The summed E-state index contributed by atoms with van der Waals surface area (Å²) in [6, 6.07) is 14.2. The number of rotatable bonds is 3. The lowest BCUT2D eigenvalue weighted by Crippen LogP contribution is -2.26. The van der Waals surface area contributed by atoms with E-state index in [1.54, 1.807) is 36.2 Å². The molecule has 0 unspecified atom stereocenters. The second-order valence-corrected chi connectivity index (χ2v) is 5.21. The van der Waals surface area contributed by atoms with E-state index >= 15 is 0 Å². The summed E-state index contributed by atoms with van der Waals surface area (Å²) in [5.41, 5.74) is 10.2. The Labute approximate surface area is 130 Å². The van der Waals surface area contributed by atoms with Crippen molar-refractivity contribution in [1.82, 2.24) is 0 Å². The number of anilines is 1. The van der Waals surface area contributed by atoms with Crippen LogP contribution in [0.5, 0.6) is 0 Å². The van der Waals surface area contributed by atoms with E-state index in [4.69, 9.17) is 5.53 Å². The second-order valence-electron chi connectivity index (χ2n) is 4.05. The fourth-order valence-electron chi connectivity index (χ4n) is 1.75. The van der Waals surface area contributed by atoms with Crippen molar-refractivity contribution in [2.75, 3.05) is 11.9 Å². The number of halogens is 1. The normalized spacial score (nSPS) is 9.70. The summed E-state index contributed by atoms with van der Waals surface area (Å²) in [7, 11) is 1.74. The number of hydrogen-bond acceptors (Lipinski definition) is 2. The summed E-state index contributed by atoms with van der Waals surface area (Å²) >= 11 is 2.20. The molecule has 0 aliphatic heterocycles. The fraction of sp³-hybridized carbons (Fsp3) is 0.0714. The number of carbonyl (C=O) groups is 1. The molecular formula is C14H11IN4O. The molecule has 0 heterocycles. The van der Waals surface area contributed by atoms with Gasteiger partial charge in [-0.1, -0.05) is 29.4 Å². The maximum atomic E-state index is 12.4. The van der Waals surface area contributed by atoms with Crippen LogP contribution in [0.25, 0.3) is 10.4 Å². The second kappa shape index (κ2) is 6.40. The molecule has 0 N–H and O–H groups in total. The topological polar surface area (TPSA) is 69.1 Å². The molecule has 0 saturated carbocycles. The maximum Gasteiger partial charge on any atom is 0.258 e. The van der Waals surface area contributed by atoms with Gasteiger partial charge in [0.2, 0.25) is 0 Å². The lowest BCUT2D eigenvalue weighted by Gasteiger charge is -2.18. The van der Waals surface area contributed by atoms with Crippen LogP contribution in [0.15, 0.2) is 53.6 Å². The smallest absolute Gasteiger partial charge is 0.258 e. The first kappa shape index (κ1) is 14.4. The van der Waals surface area contributed by atoms with Crippen LogP contribution in [0.4, 0.5) is 11.4 Å². The van der Waals surface area contributed by atoms with Gasteiger partial charge in [0.05, 0.1) is 5.69 Å². The highest BCUT2D eigenvalue weighted by atomic mass is 127. The molecule has 0 atom stereocenters. The van der Waals surface area contributed by atoms with Crippen molar-refractivity contribution in [3.8, 4) is 0 Å². The largest absolute Gasteiger partial charge is 0.310 e. The first-order valence-corrected chi connectivity index (χ1v) is 6.89. The van der Waals surface area contributed by atoms with Crippen LogP contribution in [-0.4, -0.2) is 13.0 Å². The molecular weight excluding hydrogens is 367 g/mol. The number of para-hydroxylation sites is 1. The van der Waals surface area contributed by atoms with Gasteiger partial charge in [-0.2, -0.15) is 0 Å². The molecule has 5 nitrogen and oxygen atoms in total. The molecule has 2 aromatic carbocycles. The third-order valence-corrected chi connectivity index (χ3v) is 3.71. The van der Waals surface area contributed by atoms with Gasteiger partial charge in [0.1, 0.15) is 0 Å². The zero-order valence-corrected chi connectivity index (χ0v) is 12.9. The summed E-state index contributed by atoms with van der Waals surface area (Å²) < 4.78 is 1.01. The van der Waals surface area contributed by atoms with Gasteiger partial charge in [0.25, 0.3) is 5.91 Å². The van der Waals surface area contributed by atoms with Crippen molar-refractivity contribution < 1.29 is 4.79 Å². The predicted molar refractivity (Wildman–Crippen MR) is 87.1 cm³/mol. The van der Waals surface area contributed by atoms with Crippen LogP contribution in [0.1, 0.15) is 10.4 Å². The van der Waals surface area contributed by atoms with Gasteiger partial charge in [0.15, 0.2) is 0 Å². The first-order chi connectivity index (χ1) is 9.63. The molecule has 20 heavy (non-hydrogen) atoms. The van der Waals surface area contributed by atoms with Crippen LogP contribution in [0.3, 0.4) is 0 Å². The fourth-order valence-corrected chi connectivity index (χ4v) is 2.50. The Morgan fingerprint density at radius 1 is 1.20 bits per heavy atom. The van der Waals surface area contributed by atoms with Crippen LogP contribution in [0.2, 0.25) is 0 Å². The molecule has 0 aliphatic rings. The SMILES string of the molecule is CN(C(=O)c1ccc(N=[N+]=[N-])cc1)c1ccccc1I. The lowest BCUT2D eigenvalue weighted by molar-refractivity contribution is 0.0993. The standard InChI is InChI=1S/C14H11IN4O/c1-19(13-5-3-2-4-12(13)15)14(20)10-6-8-11(9-7-10)17-18-16/h2-9H,1H3. The minimum atomic E-state index is -0.110.